The smallest absolute Gasteiger partial charge is 0.200 e. The average molecular weight is 238 g/mol. The second-order valence-electron chi connectivity index (χ2n) is 4.19. The second-order valence-corrected chi connectivity index (χ2v) is 5.95. The van der Waals surface area contributed by atoms with Crippen LogP contribution in [0.2, 0.25) is 0 Å². The zero-order valence-electron chi connectivity index (χ0n) is 9.27. The molecule has 2 rings (SSSR count). The van der Waals surface area contributed by atoms with Crippen LogP contribution in [0.5, 0.6) is 0 Å². The van der Waals surface area contributed by atoms with Crippen molar-refractivity contribution in [3.63, 3.8) is 0 Å². The van der Waals surface area contributed by atoms with E-state index < -0.39 is 15.9 Å². The fraction of sp³-hybridized carbons (Fsp3) is 0.333. The molecule has 0 amide bonds. The van der Waals surface area contributed by atoms with Crippen LogP contribution in [0.4, 0.5) is 0 Å². The Balaban J connectivity index is 2.63. The lowest BCUT2D eigenvalue weighted by Crippen LogP contribution is -2.07. The van der Waals surface area contributed by atoms with Crippen LogP contribution in [0, 0.1) is 0 Å². The monoisotopic (exact) mass is 238 g/mol. The zero-order chi connectivity index (χ0) is 11.9. The standard InChI is InChI=1S/C12H14O3S/c1-8-7-16(14,15)11-5-3-4-10(12(8)11)6-9(2)13/h3-5,7,9,13H,6H2,1-2H3. The summed E-state index contributed by atoms with van der Waals surface area (Å²) in [5.41, 5.74) is 2.41. The van der Waals surface area contributed by atoms with E-state index in [2.05, 4.69) is 0 Å². The van der Waals surface area contributed by atoms with Crippen LogP contribution < -0.4 is 0 Å². The van der Waals surface area contributed by atoms with Crippen LogP contribution in [-0.4, -0.2) is 19.6 Å². The van der Waals surface area contributed by atoms with Crippen molar-refractivity contribution in [1.29, 1.82) is 0 Å². The first kappa shape index (κ1) is 11.4. The maximum absolute atomic E-state index is 11.8. The predicted octanol–water partition coefficient (Wildman–Crippen LogP) is 1.76. The van der Waals surface area contributed by atoms with Crippen molar-refractivity contribution in [2.45, 2.75) is 31.3 Å². The number of aliphatic hydroxyl groups is 1. The molecule has 0 saturated heterocycles. The number of benzene rings is 1. The molecule has 0 bridgehead atoms. The molecule has 1 unspecified atom stereocenters. The SMILES string of the molecule is CC1=CS(=O)(=O)c2cccc(CC(C)O)c21. The van der Waals surface area contributed by atoms with E-state index in [1.165, 1.54) is 5.41 Å². The molecule has 1 aromatic rings. The largest absolute Gasteiger partial charge is 0.393 e. The molecule has 1 aliphatic rings. The second kappa shape index (κ2) is 3.71. The Morgan fingerprint density at radius 1 is 1.38 bits per heavy atom. The number of rotatable bonds is 2. The molecular formula is C12H14O3S. The van der Waals surface area contributed by atoms with Gasteiger partial charge in [0.1, 0.15) is 0 Å². The Hall–Kier alpha value is -1.13. The Bertz CT molecular complexity index is 554. The van der Waals surface area contributed by atoms with Gasteiger partial charge in [-0.05, 0) is 37.5 Å². The van der Waals surface area contributed by atoms with Crippen molar-refractivity contribution in [1.82, 2.24) is 0 Å². The van der Waals surface area contributed by atoms with Gasteiger partial charge in [-0.15, -0.1) is 0 Å². The highest BCUT2D eigenvalue weighted by molar-refractivity contribution is 7.95. The highest BCUT2D eigenvalue weighted by atomic mass is 32.2. The third-order valence-electron chi connectivity index (χ3n) is 2.66. The molecule has 0 spiro atoms. The number of fused-ring (bicyclic) bond motifs is 1. The first-order chi connectivity index (χ1) is 7.42. The summed E-state index contributed by atoms with van der Waals surface area (Å²) >= 11 is 0. The number of hydrogen-bond donors (Lipinski definition) is 1. The Morgan fingerprint density at radius 3 is 2.69 bits per heavy atom. The summed E-state index contributed by atoms with van der Waals surface area (Å²) in [6, 6.07) is 5.20. The molecule has 1 aromatic carbocycles. The molecule has 1 heterocycles. The Morgan fingerprint density at radius 2 is 2.06 bits per heavy atom. The van der Waals surface area contributed by atoms with Crippen molar-refractivity contribution in [2.24, 2.45) is 0 Å². The van der Waals surface area contributed by atoms with Crippen LogP contribution in [-0.2, 0) is 16.3 Å². The summed E-state index contributed by atoms with van der Waals surface area (Å²) in [7, 11) is -3.26. The van der Waals surface area contributed by atoms with E-state index in [0.29, 0.717) is 11.3 Å². The van der Waals surface area contributed by atoms with E-state index in [4.69, 9.17) is 0 Å². The van der Waals surface area contributed by atoms with Gasteiger partial charge in [0, 0.05) is 11.0 Å². The van der Waals surface area contributed by atoms with Gasteiger partial charge >= 0.3 is 0 Å². The predicted molar refractivity (Wildman–Crippen MR) is 62.7 cm³/mol. The summed E-state index contributed by atoms with van der Waals surface area (Å²) in [4.78, 5) is 0.364. The minimum absolute atomic E-state index is 0.364. The maximum Gasteiger partial charge on any atom is 0.200 e. The van der Waals surface area contributed by atoms with Gasteiger partial charge < -0.3 is 5.11 Å². The molecule has 0 aliphatic carbocycles. The number of sulfone groups is 1. The summed E-state index contributed by atoms with van der Waals surface area (Å²) in [5.74, 6) is 0. The lowest BCUT2D eigenvalue weighted by atomic mass is 9.98. The summed E-state index contributed by atoms with van der Waals surface area (Å²) < 4.78 is 23.5. The Kier molecular flexibility index (Phi) is 2.64. The van der Waals surface area contributed by atoms with Gasteiger partial charge in [0.25, 0.3) is 0 Å². The van der Waals surface area contributed by atoms with Gasteiger partial charge in [-0.25, -0.2) is 8.42 Å². The van der Waals surface area contributed by atoms with Crippen LogP contribution in [0.25, 0.3) is 5.57 Å². The maximum atomic E-state index is 11.8. The molecule has 0 fully saturated rings. The molecule has 1 aliphatic heterocycles. The molecule has 0 saturated carbocycles. The Labute approximate surface area is 95.3 Å². The minimum Gasteiger partial charge on any atom is -0.393 e. The molecular weight excluding hydrogens is 224 g/mol. The molecule has 0 radical (unpaired) electrons. The first-order valence-corrected chi connectivity index (χ1v) is 6.70. The fourth-order valence-corrected chi connectivity index (χ4v) is 3.66. The fourth-order valence-electron chi connectivity index (χ4n) is 2.10. The van der Waals surface area contributed by atoms with E-state index >= 15 is 0 Å². The summed E-state index contributed by atoms with van der Waals surface area (Å²) in [6.45, 7) is 3.48. The molecule has 16 heavy (non-hydrogen) atoms. The van der Waals surface area contributed by atoms with Crippen LogP contribution in [0.3, 0.4) is 0 Å². The van der Waals surface area contributed by atoms with Gasteiger partial charge in [0.2, 0.25) is 9.84 Å². The van der Waals surface area contributed by atoms with E-state index in [9.17, 15) is 13.5 Å². The molecule has 3 nitrogen and oxygen atoms in total. The first-order valence-electron chi connectivity index (χ1n) is 5.15. The molecule has 1 atom stereocenters. The number of aliphatic hydroxyl groups excluding tert-OH is 1. The van der Waals surface area contributed by atoms with E-state index in [1.807, 2.05) is 6.07 Å². The summed E-state index contributed by atoms with van der Waals surface area (Å²) in [5, 5.41) is 10.7. The third kappa shape index (κ3) is 1.79. The number of hydrogen-bond acceptors (Lipinski definition) is 3. The van der Waals surface area contributed by atoms with Crippen molar-refractivity contribution < 1.29 is 13.5 Å². The zero-order valence-corrected chi connectivity index (χ0v) is 10.1. The van der Waals surface area contributed by atoms with E-state index in [0.717, 1.165) is 16.7 Å². The van der Waals surface area contributed by atoms with Crippen LogP contribution >= 0.6 is 0 Å². The van der Waals surface area contributed by atoms with Crippen LogP contribution in [0.15, 0.2) is 28.5 Å². The average Bonchev–Trinajstić information content (AvgIpc) is 2.37. The van der Waals surface area contributed by atoms with E-state index in [-0.39, 0.29) is 0 Å². The third-order valence-corrected chi connectivity index (χ3v) is 4.28. The lowest BCUT2D eigenvalue weighted by Gasteiger charge is -2.10. The van der Waals surface area contributed by atoms with Crippen molar-refractivity contribution in [3.05, 3.63) is 34.7 Å². The summed E-state index contributed by atoms with van der Waals surface area (Å²) in [6.07, 6.45) is 0.00625. The van der Waals surface area contributed by atoms with Gasteiger partial charge in [-0.3, -0.25) is 0 Å². The van der Waals surface area contributed by atoms with Gasteiger partial charge in [-0.2, -0.15) is 0 Å². The van der Waals surface area contributed by atoms with Crippen molar-refractivity contribution in [3.8, 4) is 0 Å². The minimum atomic E-state index is -3.26. The highest BCUT2D eigenvalue weighted by Gasteiger charge is 2.26. The van der Waals surface area contributed by atoms with Crippen molar-refractivity contribution in [2.75, 3.05) is 0 Å². The lowest BCUT2D eigenvalue weighted by molar-refractivity contribution is 0.195. The molecule has 0 aromatic heterocycles. The van der Waals surface area contributed by atoms with Gasteiger partial charge in [0.15, 0.2) is 0 Å². The number of allylic oxidation sites excluding steroid dienone is 1. The van der Waals surface area contributed by atoms with Crippen LogP contribution in [0.1, 0.15) is 25.0 Å². The quantitative estimate of drug-likeness (QED) is 0.854. The molecule has 4 heteroatoms. The van der Waals surface area contributed by atoms with Gasteiger partial charge in [0.05, 0.1) is 11.0 Å². The van der Waals surface area contributed by atoms with Gasteiger partial charge in [-0.1, -0.05) is 12.1 Å². The molecule has 1 N–H and O–H groups in total. The van der Waals surface area contributed by atoms with Crippen molar-refractivity contribution >= 4 is 15.4 Å². The van der Waals surface area contributed by atoms with E-state index in [1.54, 1.807) is 26.0 Å². The topological polar surface area (TPSA) is 54.4 Å². The molecule has 86 valence electrons. The normalized spacial score (nSPS) is 19.1. The highest BCUT2D eigenvalue weighted by Crippen LogP contribution is 2.35.